The lowest BCUT2D eigenvalue weighted by molar-refractivity contribution is 0.168. The van der Waals surface area contributed by atoms with E-state index in [2.05, 4.69) is 0 Å². The third-order valence-corrected chi connectivity index (χ3v) is 2.97. The molecular weight excluding hydrogens is 194 g/mol. The lowest BCUT2D eigenvalue weighted by Crippen LogP contribution is -2.23. The minimum atomic E-state index is -0.407. The smallest absolute Gasteiger partial charge is 0.170 e. The molecule has 3 N–H and O–H groups in total. The molecule has 3 rings (SSSR count). The molecule has 0 spiro atoms. The molecular formula is C11H13NO3. The van der Waals surface area contributed by atoms with E-state index in [-0.39, 0.29) is 5.75 Å². The van der Waals surface area contributed by atoms with Crippen LogP contribution in [-0.2, 0) is 5.54 Å². The molecule has 0 radical (unpaired) electrons. The van der Waals surface area contributed by atoms with Gasteiger partial charge in [0.05, 0.1) is 5.56 Å². The summed E-state index contributed by atoms with van der Waals surface area (Å²) in [5, 5.41) is 9.83. The van der Waals surface area contributed by atoms with Crippen molar-refractivity contribution in [3.05, 3.63) is 17.7 Å². The van der Waals surface area contributed by atoms with Gasteiger partial charge in [0.1, 0.15) is 19.0 Å². The fraction of sp³-hybridized carbons (Fsp3) is 0.455. The van der Waals surface area contributed by atoms with Gasteiger partial charge in [-0.3, -0.25) is 0 Å². The second-order valence-electron chi connectivity index (χ2n) is 4.14. The van der Waals surface area contributed by atoms with Crippen LogP contribution in [0.5, 0.6) is 17.2 Å². The molecule has 2 aliphatic rings. The number of nitrogens with two attached hydrogens (primary N) is 1. The van der Waals surface area contributed by atoms with Crippen LogP contribution in [0.15, 0.2) is 12.1 Å². The van der Waals surface area contributed by atoms with Gasteiger partial charge in [-0.1, -0.05) is 0 Å². The van der Waals surface area contributed by atoms with Crippen molar-refractivity contribution in [2.75, 3.05) is 13.2 Å². The van der Waals surface area contributed by atoms with Crippen molar-refractivity contribution in [3.63, 3.8) is 0 Å². The highest BCUT2D eigenvalue weighted by molar-refractivity contribution is 5.58. The molecule has 0 aromatic heterocycles. The van der Waals surface area contributed by atoms with Gasteiger partial charge in [0, 0.05) is 5.54 Å². The van der Waals surface area contributed by atoms with Crippen molar-refractivity contribution in [1.82, 2.24) is 0 Å². The van der Waals surface area contributed by atoms with E-state index in [4.69, 9.17) is 15.2 Å². The first-order valence-electron chi connectivity index (χ1n) is 5.12. The Balaban J connectivity index is 2.18. The Kier molecular flexibility index (Phi) is 1.65. The number of benzene rings is 1. The molecule has 0 bridgehead atoms. The summed E-state index contributed by atoms with van der Waals surface area (Å²) >= 11 is 0. The number of hydrogen-bond acceptors (Lipinski definition) is 4. The van der Waals surface area contributed by atoms with Crippen LogP contribution in [0.3, 0.4) is 0 Å². The zero-order chi connectivity index (χ0) is 10.5. The van der Waals surface area contributed by atoms with Crippen molar-refractivity contribution in [1.29, 1.82) is 0 Å². The highest BCUT2D eigenvalue weighted by atomic mass is 16.6. The number of ether oxygens (including phenoxy) is 2. The van der Waals surface area contributed by atoms with Gasteiger partial charge in [-0.25, -0.2) is 0 Å². The Hall–Kier alpha value is -1.42. The first-order valence-corrected chi connectivity index (χ1v) is 5.12. The predicted octanol–water partition coefficient (Wildman–Crippen LogP) is 1.11. The highest BCUT2D eigenvalue weighted by Crippen LogP contribution is 2.53. The molecule has 0 atom stereocenters. The van der Waals surface area contributed by atoms with Crippen LogP contribution in [0.2, 0.25) is 0 Å². The van der Waals surface area contributed by atoms with Gasteiger partial charge in [-0.15, -0.1) is 0 Å². The molecule has 1 aliphatic heterocycles. The zero-order valence-electron chi connectivity index (χ0n) is 8.32. The summed E-state index contributed by atoms with van der Waals surface area (Å²) in [6.45, 7) is 1.06. The molecule has 4 heteroatoms. The third kappa shape index (κ3) is 1.25. The van der Waals surface area contributed by atoms with Crippen LogP contribution < -0.4 is 15.2 Å². The molecule has 0 saturated heterocycles. The molecule has 1 saturated carbocycles. The fourth-order valence-corrected chi connectivity index (χ4v) is 1.97. The van der Waals surface area contributed by atoms with Crippen LogP contribution in [-0.4, -0.2) is 18.3 Å². The van der Waals surface area contributed by atoms with Crippen LogP contribution in [0.4, 0.5) is 0 Å². The van der Waals surface area contributed by atoms with Crippen LogP contribution in [0.25, 0.3) is 0 Å². The van der Waals surface area contributed by atoms with E-state index in [9.17, 15) is 5.11 Å². The molecule has 1 heterocycles. The first kappa shape index (κ1) is 8.85. The standard InChI is InChI=1S/C11H13NO3/c12-11(3-4-11)9-7(13)1-2-8-10(9)15-6-5-14-8/h1-2,13H,3-6,12H2. The van der Waals surface area contributed by atoms with E-state index in [1.165, 1.54) is 0 Å². The second-order valence-corrected chi connectivity index (χ2v) is 4.14. The van der Waals surface area contributed by atoms with E-state index in [1.54, 1.807) is 12.1 Å². The normalized spacial score (nSPS) is 21.1. The van der Waals surface area contributed by atoms with Crippen LogP contribution in [0.1, 0.15) is 18.4 Å². The van der Waals surface area contributed by atoms with Crippen LogP contribution >= 0.6 is 0 Å². The molecule has 80 valence electrons. The van der Waals surface area contributed by atoms with Gasteiger partial charge < -0.3 is 20.3 Å². The second kappa shape index (κ2) is 2.79. The quantitative estimate of drug-likeness (QED) is 0.724. The van der Waals surface area contributed by atoms with Gasteiger partial charge in [-0.2, -0.15) is 0 Å². The van der Waals surface area contributed by atoms with Crippen molar-refractivity contribution >= 4 is 0 Å². The van der Waals surface area contributed by atoms with Gasteiger partial charge in [0.2, 0.25) is 0 Å². The van der Waals surface area contributed by atoms with Crippen molar-refractivity contribution < 1.29 is 14.6 Å². The third-order valence-electron chi connectivity index (χ3n) is 2.97. The van der Waals surface area contributed by atoms with Crippen molar-refractivity contribution in [2.24, 2.45) is 5.73 Å². The molecule has 1 aliphatic carbocycles. The Morgan fingerprint density at radius 3 is 2.67 bits per heavy atom. The number of rotatable bonds is 1. The summed E-state index contributed by atoms with van der Waals surface area (Å²) < 4.78 is 11.0. The maximum Gasteiger partial charge on any atom is 0.170 e. The Morgan fingerprint density at radius 2 is 1.93 bits per heavy atom. The Morgan fingerprint density at radius 1 is 1.20 bits per heavy atom. The Bertz CT molecular complexity index is 413. The van der Waals surface area contributed by atoms with E-state index in [0.29, 0.717) is 30.3 Å². The minimum Gasteiger partial charge on any atom is -0.507 e. The summed E-state index contributed by atoms with van der Waals surface area (Å²) in [5.74, 6) is 1.52. The monoisotopic (exact) mass is 207 g/mol. The zero-order valence-corrected chi connectivity index (χ0v) is 8.32. The van der Waals surface area contributed by atoms with Crippen LogP contribution in [0, 0.1) is 0 Å². The average Bonchev–Trinajstić information content (AvgIpc) is 2.97. The molecule has 15 heavy (non-hydrogen) atoms. The van der Waals surface area contributed by atoms with Gasteiger partial charge >= 0.3 is 0 Å². The molecule has 1 fully saturated rings. The number of hydrogen-bond donors (Lipinski definition) is 2. The summed E-state index contributed by atoms with van der Waals surface area (Å²) in [5.41, 5.74) is 6.40. The summed E-state index contributed by atoms with van der Waals surface area (Å²) in [6, 6.07) is 3.34. The van der Waals surface area contributed by atoms with E-state index in [0.717, 1.165) is 12.8 Å². The van der Waals surface area contributed by atoms with Gasteiger partial charge in [0.25, 0.3) is 0 Å². The van der Waals surface area contributed by atoms with E-state index in [1.807, 2.05) is 0 Å². The molecule has 1 aromatic rings. The highest BCUT2D eigenvalue weighted by Gasteiger charge is 2.45. The molecule has 1 aromatic carbocycles. The Labute approximate surface area is 87.6 Å². The number of aromatic hydroxyl groups is 1. The van der Waals surface area contributed by atoms with Gasteiger partial charge in [0.15, 0.2) is 11.5 Å². The maximum absolute atomic E-state index is 9.83. The first-order chi connectivity index (χ1) is 7.21. The summed E-state index contributed by atoms with van der Waals surface area (Å²) in [4.78, 5) is 0. The van der Waals surface area contributed by atoms with E-state index < -0.39 is 5.54 Å². The number of phenolic OH excluding ortho intramolecular Hbond substituents is 1. The topological polar surface area (TPSA) is 64.7 Å². The summed E-state index contributed by atoms with van der Waals surface area (Å²) in [6.07, 6.45) is 1.78. The molecule has 4 nitrogen and oxygen atoms in total. The van der Waals surface area contributed by atoms with Crippen molar-refractivity contribution in [3.8, 4) is 17.2 Å². The summed E-state index contributed by atoms with van der Waals surface area (Å²) in [7, 11) is 0. The fourth-order valence-electron chi connectivity index (χ4n) is 1.97. The minimum absolute atomic E-state index is 0.208. The lowest BCUT2D eigenvalue weighted by atomic mass is 10.0. The van der Waals surface area contributed by atoms with E-state index >= 15 is 0 Å². The van der Waals surface area contributed by atoms with Gasteiger partial charge in [-0.05, 0) is 25.0 Å². The van der Waals surface area contributed by atoms with Crippen molar-refractivity contribution in [2.45, 2.75) is 18.4 Å². The molecule has 0 unspecified atom stereocenters. The largest absolute Gasteiger partial charge is 0.507 e. The number of phenols is 1. The molecule has 0 amide bonds. The maximum atomic E-state index is 9.83. The predicted molar refractivity (Wildman–Crippen MR) is 54.2 cm³/mol. The lowest BCUT2D eigenvalue weighted by Gasteiger charge is -2.24. The average molecular weight is 207 g/mol. The number of fused-ring (bicyclic) bond motifs is 1. The SMILES string of the molecule is NC1(c2c(O)ccc3c2OCCO3)CC1.